The molecule has 8 heteroatoms. The molecule has 0 unspecified atom stereocenters. The minimum atomic E-state index is -0.374. The smallest absolute Gasteiger partial charge is 0.174 e. The highest BCUT2D eigenvalue weighted by molar-refractivity contribution is 9.10. The number of rotatable bonds is 7. The summed E-state index contributed by atoms with van der Waals surface area (Å²) in [4.78, 5) is 13.9. The summed E-state index contributed by atoms with van der Waals surface area (Å²) in [7, 11) is 4.86. The van der Waals surface area contributed by atoms with Crippen LogP contribution in [0.25, 0.3) is 0 Å². The molecule has 3 aromatic rings. The normalized spacial score (nSPS) is 18.4. The Morgan fingerprint density at radius 2 is 1.61 bits per heavy atom. The Morgan fingerprint density at radius 1 is 0.868 bits per heavy atom. The lowest BCUT2D eigenvalue weighted by Crippen LogP contribution is -2.27. The number of allylic oxidation sites excluding steroid dienone is 1. The van der Waals surface area contributed by atoms with E-state index in [-0.39, 0.29) is 17.7 Å². The number of benzene rings is 3. The monoisotopic (exact) mass is 578 g/mol. The van der Waals surface area contributed by atoms with Gasteiger partial charge in [0, 0.05) is 17.7 Å². The highest BCUT2D eigenvalue weighted by Gasteiger charge is 2.37. The van der Waals surface area contributed by atoms with Crippen LogP contribution in [0.1, 0.15) is 42.9 Å². The van der Waals surface area contributed by atoms with Gasteiger partial charge in [0.2, 0.25) is 0 Å². The molecule has 38 heavy (non-hydrogen) atoms. The molecule has 0 saturated heterocycles. The molecule has 1 aliphatic carbocycles. The second-order valence-corrected chi connectivity index (χ2v) is 10.1. The third-order valence-corrected chi connectivity index (χ3v) is 7.65. The predicted molar refractivity (Wildman–Crippen MR) is 152 cm³/mol. The summed E-state index contributed by atoms with van der Waals surface area (Å²) < 4.78 is 23.2. The van der Waals surface area contributed by atoms with Gasteiger partial charge in [0.15, 0.2) is 28.8 Å². The molecule has 0 saturated carbocycles. The van der Waals surface area contributed by atoms with E-state index in [1.165, 1.54) is 0 Å². The number of methoxy groups -OCH3 is 3. The van der Waals surface area contributed by atoms with Crippen LogP contribution in [0.3, 0.4) is 0 Å². The van der Waals surface area contributed by atoms with Gasteiger partial charge in [0.05, 0.1) is 49.8 Å². The van der Waals surface area contributed by atoms with Gasteiger partial charge in [-0.3, -0.25) is 4.79 Å². The number of para-hydroxylation sites is 2. The molecule has 0 radical (unpaired) electrons. The molecule has 0 aromatic heterocycles. The largest absolute Gasteiger partial charge is 0.493 e. The molecule has 5 rings (SSSR count). The summed E-state index contributed by atoms with van der Waals surface area (Å²) in [5.74, 6) is 2.66. The van der Waals surface area contributed by atoms with Crippen LogP contribution in [-0.4, -0.2) is 33.7 Å². The van der Waals surface area contributed by atoms with E-state index in [1.54, 1.807) is 21.3 Å². The maximum Gasteiger partial charge on any atom is 0.174 e. The zero-order chi connectivity index (χ0) is 26.8. The number of halogens is 1. The van der Waals surface area contributed by atoms with E-state index in [1.807, 2.05) is 61.5 Å². The molecule has 0 spiro atoms. The quantitative estimate of drug-likeness (QED) is 0.317. The number of ketones is 1. The van der Waals surface area contributed by atoms with Crippen molar-refractivity contribution in [1.29, 1.82) is 0 Å². The standard InChI is InChI=1S/C30H31BrN2O5/c1-5-38-27-16-19(12-20(31)30(27)37-4)29-28-23(32-21-8-6-7-9-22(21)33-29)13-18(14-24(28)34)17-10-11-25(35-2)26(15-17)36-3/h6-12,15-16,18,29,32-33H,5,13-14H2,1-4H3/t18-,29-/m1/s1. The third kappa shape index (κ3) is 4.80. The fourth-order valence-corrected chi connectivity index (χ4v) is 5.92. The van der Waals surface area contributed by atoms with E-state index in [2.05, 4.69) is 26.6 Å². The molecule has 2 aliphatic rings. The Labute approximate surface area is 231 Å². The van der Waals surface area contributed by atoms with Crippen LogP contribution in [0.15, 0.2) is 70.3 Å². The maximum absolute atomic E-state index is 13.9. The summed E-state index contributed by atoms with van der Waals surface area (Å²) in [6.45, 7) is 2.43. The van der Waals surface area contributed by atoms with Gasteiger partial charge in [-0.2, -0.15) is 0 Å². The minimum Gasteiger partial charge on any atom is -0.493 e. The van der Waals surface area contributed by atoms with Gasteiger partial charge in [-0.25, -0.2) is 0 Å². The van der Waals surface area contributed by atoms with Crippen LogP contribution in [0.5, 0.6) is 23.0 Å². The Balaban J connectivity index is 1.61. The Kier molecular flexibility index (Phi) is 7.51. The molecule has 0 fully saturated rings. The number of Topliss-reactive ketones (excluding diaryl/α,β-unsaturated/α-hetero) is 1. The van der Waals surface area contributed by atoms with Gasteiger partial charge >= 0.3 is 0 Å². The molecule has 2 N–H and O–H groups in total. The first kappa shape index (κ1) is 26.0. The summed E-state index contributed by atoms with van der Waals surface area (Å²) in [5, 5.41) is 7.22. The molecule has 0 bridgehead atoms. The van der Waals surface area contributed by atoms with Crippen molar-refractivity contribution in [2.75, 3.05) is 38.6 Å². The molecular formula is C30H31BrN2O5. The number of nitrogens with one attached hydrogen (secondary N) is 2. The van der Waals surface area contributed by atoms with Crippen molar-refractivity contribution in [3.63, 3.8) is 0 Å². The summed E-state index contributed by atoms with van der Waals surface area (Å²) in [6.07, 6.45) is 1.07. The highest BCUT2D eigenvalue weighted by Crippen LogP contribution is 2.47. The van der Waals surface area contributed by atoms with Gasteiger partial charge < -0.3 is 29.6 Å². The molecule has 1 heterocycles. The fraction of sp³-hybridized carbons (Fsp3) is 0.300. The van der Waals surface area contributed by atoms with Gasteiger partial charge in [0.25, 0.3) is 0 Å². The van der Waals surface area contributed by atoms with Crippen molar-refractivity contribution in [3.05, 3.63) is 81.5 Å². The van der Waals surface area contributed by atoms with Crippen LogP contribution in [0.2, 0.25) is 0 Å². The zero-order valence-electron chi connectivity index (χ0n) is 21.9. The lowest BCUT2D eigenvalue weighted by molar-refractivity contribution is -0.116. The highest BCUT2D eigenvalue weighted by atomic mass is 79.9. The predicted octanol–water partition coefficient (Wildman–Crippen LogP) is 6.85. The lowest BCUT2D eigenvalue weighted by Gasteiger charge is -2.30. The van der Waals surface area contributed by atoms with Crippen LogP contribution in [0.4, 0.5) is 11.4 Å². The molecule has 7 nitrogen and oxygen atoms in total. The second kappa shape index (κ2) is 11.0. The van der Waals surface area contributed by atoms with Crippen LogP contribution >= 0.6 is 15.9 Å². The first-order valence-electron chi connectivity index (χ1n) is 12.6. The van der Waals surface area contributed by atoms with E-state index in [4.69, 9.17) is 18.9 Å². The van der Waals surface area contributed by atoms with Gasteiger partial charge in [-0.15, -0.1) is 0 Å². The zero-order valence-corrected chi connectivity index (χ0v) is 23.5. The Morgan fingerprint density at radius 3 is 2.32 bits per heavy atom. The summed E-state index contributed by atoms with van der Waals surface area (Å²) in [6, 6.07) is 17.5. The van der Waals surface area contributed by atoms with Crippen LogP contribution in [-0.2, 0) is 4.79 Å². The van der Waals surface area contributed by atoms with Crippen molar-refractivity contribution >= 4 is 33.1 Å². The fourth-order valence-electron chi connectivity index (χ4n) is 5.30. The molecule has 1 aliphatic heterocycles. The molecular weight excluding hydrogens is 548 g/mol. The number of hydrogen-bond donors (Lipinski definition) is 2. The van der Waals surface area contributed by atoms with E-state index in [9.17, 15) is 4.79 Å². The number of ether oxygens (including phenoxy) is 4. The van der Waals surface area contributed by atoms with Crippen molar-refractivity contribution in [1.82, 2.24) is 0 Å². The van der Waals surface area contributed by atoms with E-state index in [0.717, 1.165) is 38.2 Å². The maximum atomic E-state index is 13.9. The van der Waals surface area contributed by atoms with Crippen molar-refractivity contribution in [2.24, 2.45) is 0 Å². The van der Waals surface area contributed by atoms with E-state index in [0.29, 0.717) is 42.4 Å². The number of carbonyl (C=O) groups is 1. The van der Waals surface area contributed by atoms with Gasteiger partial charge in [0.1, 0.15) is 0 Å². The SMILES string of the molecule is CCOc1cc([C@H]2Nc3ccccc3NC3=C2C(=O)C[C@H](c2ccc(OC)c(OC)c2)C3)cc(Br)c1OC. The lowest BCUT2D eigenvalue weighted by atomic mass is 9.78. The second-order valence-electron chi connectivity index (χ2n) is 9.25. The van der Waals surface area contributed by atoms with Crippen LogP contribution in [0, 0.1) is 0 Å². The average Bonchev–Trinajstić information content (AvgIpc) is 3.09. The minimum absolute atomic E-state index is 0.000979. The van der Waals surface area contributed by atoms with E-state index >= 15 is 0 Å². The van der Waals surface area contributed by atoms with Crippen molar-refractivity contribution in [2.45, 2.75) is 31.7 Å². The number of fused-ring (bicyclic) bond motifs is 1. The van der Waals surface area contributed by atoms with Crippen LogP contribution < -0.4 is 29.6 Å². The van der Waals surface area contributed by atoms with Crippen molar-refractivity contribution in [3.8, 4) is 23.0 Å². The summed E-state index contributed by atoms with van der Waals surface area (Å²) >= 11 is 3.64. The van der Waals surface area contributed by atoms with Crippen molar-refractivity contribution < 1.29 is 23.7 Å². The Bertz CT molecular complexity index is 1400. The number of anilines is 2. The number of hydrogen-bond acceptors (Lipinski definition) is 7. The first-order valence-corrected chi connectivity index (χ1v) is 13.4. The van der Waals surface area contributed by atoms with Gasteiger partial charge in [-0.1, -0.05) is 18.2 Å². The molecule has 198 valence electrons. The van der Waals surface area contributed by atoms with Gasteiger partial charge in [-0.05, 0) is 82.7 Å². The number of carbonyl (C=O) groups excluding carboxylic acids is 1. The van der Waals surface area contributed by atoms with E-state index < -0.39 is 0 Å². The Hall–Kier alpha value is -3.65. The molecule has 3 aromatic carbocycles. The first-order chi connectivity index (χ1) is 18.5. The third-order valence-electron chi connectivity index (χ3n) is 7.06. The topological polar surface area (TPSA) is 78.1 Å². The summed E-state index contributed by atoms with van der Waals surface area (Å²) in [5.41, 5.74) is 5.45. The molecule has 0 amide bonds. The average molecular weight is 579 g/mol. The molecule has 2 atom stereocenters.